The van der Waals surface area contributed by atoms with Crippen molar-refractivity contribution in [1.82, 2.24) is 5.32 Å². The number of ether oxygens (including phenoxy) is 2. The first-order chi connectivity index (χ1) is 10.1. The fourth-order valence-electron chi connectivity index (χ4n) is 1.59. The first kappa shape index (κ1) is 16.6. The maximum Gasteiger partial charge on any atom is 0.319 e. The lowest BCUT2D eigenvalue weighted by Gasteiger charge is -2.13. The largest absolute Gasteiger partial charge is 0.490 e. The molecular weight excluding hydrogens is 276 g/mol. The van der Waals surface area contributed by atoms with Gasteiger partial charge < -0.3 is 25.2 Å². The molecule has 1 aromatic rings. The SMILES string of the molecule is CCOc1ccc(NC(=O)NCCC(=O)O)cc1OCC. The third-order valence-electron chi connectivity index (χ3n) is 2.43. The van der Waals surface area contributed by atoms with Crippen LogP contribution < -0.4 is 20.1 Å². The number of carboxylic acid groups (broad SMARTS) is 1. The molecule has 116 valence electrons. The maximum absolute atomic E-state index is 11.6. The molecular formula is C14H20N2O5. The summed E-state index contributed by atoms with van der Waals surface area (Å²) in [5, 5.41) is 13.5. The van der Waals surface area contributed by atoms with Crippen LogP contribution in [0.15, 0.2) is 18.2 Å². The summed E-state index contributed by atoms with van der Waals surface area (Å²) in [6.07, 6.45) is -0.124. The van der Waals surface area contributed by atoms with E-state index in [1.807, 2.05) is 13.8 Å². The standard InChI is InChI=1S/C14H20N2O5/c1-3-20-11-6-5-10(9-12(11)21-4-2)16-14(19)15-8-7-13(17)18/h5-6,9H,3-4,7-8H2,1-2H3,(H,17,18)(H2,15,16,19). The number of carboxylic acids is 1. The van der Waals surface area contributed by atoms with E-state index >= 15 is 0 Å². The van der Waals surface area contributed by atoms with Gasteiger partial charge in [0.1, 0.15) is 0 Å². The molecule has 0 aliphatic rings. The van der Waals surface area contributed by atoms with Crippen molar-refractivity contribution in [3.63, 3.8) is 0 Å². The molecule has 0 aliphatic carbocycles. The Hall–Kier alpha value is -2.44. The predicted octanol–water partition coefficient (Wildman–Crippen LogP) is 2.08. The zero-order valence-electron chi connectivity index (χ0n) is 12.1. The van der Waals surface area contributed by atoms with Crippen LogP contribution in [0.25, 0.3) is 0 Å². The smallest absolute Gasteiger partial charge is 0.319 e. The number of aliphatic carboxylic acids is 1. The minimum absolute atomic E-state index is 0.0660. The molecule has 0 bridgehead atoms. The van der Waals surface area contributed by atoms with E-state index in [9.17, 15) is 9.59 Å². The van der Waals surface area contributed by atoms with E-state index in [1.165, 1.54) is 0 Å². The summed E-state index contributed by atoms with van der Waals surface area (Å²) in [4.78, 5) is 21.9. The van der Waals surface area contributed by atoms with Crippen LogP contribution in [0.3, 0.4) is 0 Å². The Morgan fingerprint density at radius 1 is 1.14 bits per heavy atom. The van der Waals surface area contributed by atoms with E-state index in [2.05, 4.69) is 10.6 Å². The van der Waals surface area contributed by atoms with Crippen molar-refractivity contribution < 1.29 is 24.2 Å². The van der Waals surface area contributed by atoms with Crippen LogP contribution in [0, 0.1) is 0 Å². The van der Waals surface area contributed by atoms with E-state index in [1.54, 1.807) is 18.2 Å². The second kappa shape index (κ2) is 8.68. The van der Waals surface area contributed by atoms with E-state index < -0.39 is 12.0 Å². The number of carbonyl (C=O) groups excluding carboxylic acids is 1. The van der Waals surface area contributed by atoms with Gasteiger partial charge in [-0.05, 0) is 26.0 Å². The number of rotatable bonds is 8. The summed E-state index contributed by atoms with van der Waals surface area (Å²) in [5.74, 6) is 0.189. The third-order valence-corrected chi connectivity index (χ3v) is 2.43. The van der Waals surface area contributed by atoms with Gasteiger partial charge in [-0.1, -0.05) is 0 Å². The average molecular weight is 296 g/mol. The van der Waals surface area contributed by atoms with Gasteiger partial charge in [-0.2, -0.15) is 0 Å². The molecule has 0 spiro atoms. The van der Waals surface area contributed by atoms with Gasteiger partial charge in [0.25, 0.3) is 0 Å². The molecule has 21 heavy (non-hydrogen) atoms. The summed E-state index contributed by atoms with van der Waals surface area (Å²) in [6.45, 7) is 4.79. The maximum atomic E-state index is 11.6. The van der Waals surface area contributed by atoms with Crippen molar-refractivity contribution in [2.24, 2.45) is 0 Å². The van der Waals surface area contributed by atoms with Crippen molar-refractivity contribution >= 4 is 17.7 Å². The number of urea groups is 1. The van der Waals surface area contributed by atoms with Crippen molar-refractivity contribution in [3.8, 4) is 11.5 Å². The van der Waals surface area contributed by atoms with Gasteiger partial charge in [0.15, 0.2) is 11.5 Å². The lowest BCUT2D eigenvalue weighted by Crippen LogP contribution is -2.30. The molecule has 1 aromatic carbocycles. The molecule has 0 aliphatic heterocycles. The van der Waals surface area contributed by atoms with Crippen LogP contribution in [0.2, 0.25) is 0 Å². The van der Waals surface area contributed by atoms with E-state index in [4.69, 9.17) is 14.6 Å². The molecule has 0 radical (unpaired) electrons. The molecule has 0 saturated carbocycles. The molecule has 0 unspecified atom stereocenters. The lowest BCUT2D eigenvalue weighted by atomic mass is 10.2. The van der Waals surface area contributed by atoms with E-state index in [0.29, 0.717) is 30.4 Å². The number of hydrogen-bond donors (Lipinski definition) is 3. The van der Waals surface area contributed by atoms with Crippen LogP contribution in [0.1, 0.15) is 20.3 Å². The predicted molar refractivity (Wildman–Crippen MR) is 78.1 cm³/mol. The van der Waals surface area contributed by atoms with Crippen LogP contribution in [0.4, 0.5) is 10.5 Å². The number of carbonyl (C=O) groups is 2. The first-order valence-electron chi connectivity index (χ1n) is 6.73. The Morgan fingerprint density at radius 2 is 1.81 bits per heavy atom. The molecule has 3 N–H and O–H groups in total. The molecule has 1 rings (SSSR count). The highest BCUT2D eigenvalue weighted by Gasteiger charge is 2.08. The van der Waals surface area contributed by atoms with Crippen molar-refractivity contribution in [3.05, 3.63) is 18.2 Å². The highest BCUT2D eigenvalue weighted by molar-refractivity contribution is 5.89. The topological polar surface area (TPSA) is 96.9 Å². The van der Waals surface area contributed by atoms with Gasteiger partial charge >= 0.3 is 12.0 Å². The van der Waals surface area contributed by atoms with E-state index in [-0.39, 0.29) is 13.0 Å². The first-order valence-corrected chi connectivity index (χ1v) is 6.73. The molecule has 0 aromatic heterocycles. The van der Waals surface area contributed by atoms with E-state index in [0.717, 1.165) is 0 Å². The molecule has 2 amide bonds. The second-order valence-electron chi connectivity index (χ2n) is 4.05. The number of amides is 2. The van der Waals surface area contributed by atoms with Gasteiger partial charge in [-0.25, -0.2) is 4.79 Å². The van der Waals surface area contributed by atoms with Crippen LogP contribution in [0.5, 0.6) is 11.5 Å². The minimum atomic E-state index is -0.963. The van der Waals surface area contributed by atoms with Crippen LogP contribution in [-0.2, 0) is 4.79 Å². The zero-order valence-corrected chi connectivity index (χ0v) is 12.1. The van der Waals surface area contributed by atoms with Gasteiger partial charge in [0.05, 0.1) is 19.6 Å². The van der Waals surface area contributed by atoms with Gasteiger partial charge in [0, 0.05) is 18.3 Å². The summed E-state index contributed by atoms with van der Waals surface area (Å²) >= 11 is 0. The lowest BCUT2D eigenvalue weighted by molar-refractivity contribution is -0.136. The van der Waals surface area contributed by atoms with Crippen molar-refractivity contribution in [1.29, 1.82) is 0 Å². The van der Waals surface area contributed by atoms with Crippen LogP contribution in [-0.4, -0.2) is 36.9 Å². The summed E-state index contributed by atoms with van der Waals surface area (Å²) in [7, 11) is 0. The summed E-state index contributed by atoms with van der Waals surface area (Å²) in [6, 6.07) is 4.58. The van der Waals surface area contributed by atoms with Crippen LogP contribution >= 0.6 is 0 Å². The third kappa shape index (κ3) is 6.03. The van der Waals surface area contributed by atoms with Gasteiger partial charge in [-0.15, -0.1) is 0 Å². The Kier molecular flexibility index (Phi) is 6.86. The Labute approximate surface area is 123 Å². The molecule has 7 nitrogen and oxygen atoms in total. The number of hydrogen-bond acceptors (Lipinski definition) is 4. The summed E-state index contributed by atoms with van der Waals surface area (Å²) < 4.78 is 10.9. The van der Waals surface area contributed by atoms with Crippen molar-refractivity contribution in [2.45, 2.75) is 20.3 Å². The minimum Gasteiger partial charge on any atom is -0.490 e. The molecule has 0 heterocycles. The quantitative estimate of drug-likeness (QED) is 0.682. The highest BCUT2D eigenvalue weighted by Crippen LogP contribution is 2.30. The average Bonchev–Trinajstić information content (AvgIpc) is 2.41. The number of anilines is 1. The monoisotopic (exact) mass is 296 g/mol. The molecule has 0 saturated heterocycles. The fourth-order valence-corrected chi connectivity index (χ4v) is 1.59. The van der Waals surface area contributed by atoms with Gasteiger partial charge in [0.2, 0.25) is 0 Å². The van der Waals surface area contributed by atoms with Gasteiger partial charge in [-0.3, -0.25) is 4.79 Å². The highest BCUT2D eigenvalue weighted by atomic mass is 16.5. The molecule has 7 heteroatoms. The molecule has 0 fully saturated rings. The Bertz CT molecular complexity index is 490. The Morgan fingerprint density at radius 3 is 2.43 bits per heavy atom. The second-order valence-corrected chi connectivity index (χ2v) is 4.05. The zero-order chi connectivity index (χ0) is 15.7. The molecule has 0 atom stereocenters. The fraction of sp³-hybridized carbons (Fsp3) is 0.429. The van der Waals surface area contributed by atoms with Crippen molar-refractivity contribution in [2.75, 3.05) is 25.1 Å². The summed E-state index contributed by atoms with van der Waals surface area (Å²) in [5.41, 5.74) is 0.537. The number of benzene rings is 1. The normalized spacial score (nSPS) is 9.81. The Balaban J connectivity index is 2.64. The number of nitrogens with one attached hydrogen (secondary N) is 2.